The number of benzene rings is 1. The lowest BCUT2D eigenvalue weighted by Crippen LogP contribution is -2.61. The number of halogens is 1. The molecule has 0 saturated carbocycles. The molecular weight excluding hydrogens is 389 g/mol. The summed E-state index contributed by atoms with van der Waals surface area (Å²) in [7, 11) is 0. The Kier molecular flexibility index (Phi) is 5.98. The van der Waals surface area contributed by atoms with Crippen LogP contribution < -0.4 is 16.0 Å². The summed E-state index contributed by atoms with van der Waals surface area (Å²) in [5.74, 6) is 0.293. The number of hydrogen-bond donors (Lipinski definition) is 3. The van der Waals surface area contributed by atoms with E-state index >= 15 is 0 Å². The van der Waals surface area contributed by atoms with Crippen LogP contribution in [0.1, 0.15) is 37.1 Å². The number of hydrogen-bond acceptors (Lipinski definition) is 4. The van der Waals surface area contributed by atoms with Gasteiger partial charge in [-0.05, 0) is 43.9 Å². The molecule has 3 unspecified atom stereocenters. The number of aromatic nitrogens is 2. The Morgan fingerprint density at radius 3 is 2.97 bits per heavy atom. The fourth-order valence-corrected chi connectivity index (χ4v) is 4.11. The molecule has 30 heavy (non-hydrogen) atoms. The molecule has 1 aromatic heterocycles. The van der Waals surface area contributed by atoms with Crippen LogP contribution in [0.5, 0.6) is 0 Å². The predicted molar refractivity (Wildman–Crippen MR) is 108 cm³/mol. The summed E-state index contributed by atoms with van der Waals surface area (Å²) in [6.07, 6.45) is 6.00. The molecule has 4 rings (SSSR count). The SMILES string of the molecule is Cc1nccn1-c1ccc(CNC(=O)NC2CCC(=O)NC2C2CCCO2)cc1F. The molecule has 2 fully saturated rings. The fraction of sp³-hybridized carbons (Fsp3) is 0.476. The van der Waals surface area contributed by atoms with E-state index in [4.69, 9.17) is 4.74 Å². The number of aryl methyl sites for hydroxylation is 1. The highest BCUT2D eigenvalue weighted by Crippen LogP contribution is 2.22. The zero-order chi connectivity index (χ0) is 21.1. The minimum atomic E-state index is -0.385. The van der Waals surface area contributed by atoms with Gasteiger partial charge in [0.2, 0.25) is 5.91 Å². The minimum absolute atomic E-state index is 0.0161. The number of amides is 3. The summed E-state index contributed by atoms with van der Waals surface area (Å²) < 4.78 is 21.9. The summed E-state index contributed by atoms with van der Waals surface area (Å²) in [6, 6.07) is 4.07. The molecule has 0 bridgehead atoms. The smallest absolute Gasteiger partial charge is 0.315 e. The second-order valence-electron chi connectivity index (χ2n) is 7.75. The third-order valence-corrected chi connectivity index (χ3v) is 5.68. The molecule has 9 heteroatoms. The van der Waals surface area contributed by atoms with Crippen LogP contribution >= 0.6 is 0 Å². The first-order valence-corrected chi connectivity index (χ1v) is 10.3. The molecule has 2 saturated heterocycles. The number of rotatable bonds is 5. The maximum absolute atomic E-state index is 14.5. The fourth-order valence-electron chi connectivity index (χ4n) is 4.11. The average Bonchev–Trinajstić information content (AvgIpc) is 3.40. The molecule has 2 aromatic rings. The lowest BCUT2D eigenvalue weighted by Gasteiger charge is -2.36. The minimum Gasteiger partial charge on any atom is -0.376 e. The number of ether oxygens (including phenoxy) is 1. The van der Waals surface area contributed by atoms with E-state index in [1.54, 1.807) is 36.0 Å². The van der Waals surface area contributed by atoms with E-state index in [0.29, 0.717) is 36.5 Å². The highest BCUT2D eigenvalue weighted by Gasteiger charge is 2.37. The first-order chi connectivity index (χ1) is 14.5. The first-order valence-electron chi connectivity index (χ1n) is 10.3. The van der Waals surface area contributed by atoms with E-state index in [1.165, 1.54) is 6.07 Å². The third-order valence-electron chi connectivity index (χ3n) is 5.68. The maximum atomic E-state index is 14.5. The predicted octanol–water partition coefficient (Wildman–Crippen LogP) is 1.95. The molecule has 0 spiro atoms. The van der Waals surface area contributed by atoms with Crippen molar-refractivity contribution < 1.29 is 18.7 Å². The van der Waals surface area contributed by atoms with Crippen molar-refractivity contribution in [3.8, 4) is 5.69 Å². The van der Waals surface area contributed by atoms with Gasteiger partial charge >= 0.3 is 6.03 Å². The Bertz CT molecular complexity index is 925. The Morgan fingerprint density at radius 2 is 2.27 bits per heavy atom. The molecule has 160 valence electrons. The average molecular weight is 415 g/mol. The quantitative estimate of drug-likeness (QED) is 0.695. The summed E-state index contributed by atoms with van der Waals surface area (Å²) in [5, 5.41) is 8.67. The number of imidazole rings is 1. The lowest BCUT2D eigenvalue weighted by molar-refractivity contribution is -0.125. The van der Waals surface area contributed by atoms with E-state index in [-0.39, 0.29) is 42.5 Å². The van der Waals surface area contributed by atoms with Gasteiger partial charge in [0.15, 0.2) is 0 Å². The standard InChI is InChI=1S/C21H26FN5O3/c1-13-23-8-9-27(13)17-6-4-14(11-15(17)22)12-24-21(29)25-16-5-7-19(28)26-20(16)18-3-2-10-30-18/h4,6,8-9,11,16,18,20H,2-3,5,7,10,12H2,1H3,(H,26,28)(H2,24,25,29). The van der Waals surface area contributed by atoms with Crippen molar-refractivity contribution in [1.82, 2.24) is 25.5 Å². The normalized spacial score (nSPS) is 23.8. The third kappa shape index (κ3) is 4.46. The van der Waals surface area contributed by atoms with Crippen LogP contribution in [0.15, 0.2) is 30.6 Å². The van der Waals surface area contributed by atoms with Gasteiger partial charge in [-0.15, -0.1) is 0 Å². The molecule has 2 aliphatic heterocycles. The van der Waals surface area contributed by atoms with Gasteiger partial charge in [0.25, 0.3) is 0 Å². The van der Waals surface area contributed by atoms with E-state index in [1.807, 2.05) is 0 Å². The van der Waals surface area contributed by atoms with Crippen molar-refractivity contribution in [3.05, 3.63) is 47.8 Å². The molecular formula is C21H26FN5O3. The van der Waals surface area contributed by atoms with Crippen LogP contribution in [-0.4, -0.2) is 46.3 Å². The first kappa shape index (κ1) is 20.3. The highest BCUT2D eigenvalue weighted by molar-refractivity contribution is 5.79. The highest BCUT2D eigenvalue weighted by atomic mass is 19.1. The van der Waals surface area contributed by atoms with Crippen LogP contribution in [0.2, 0.25) is 0 Å². The Balaban J connectivity index is 1.34. The van der Waals surface area contributed by atoms with Crippen molar-refractivity contribution in [1.29, 1.82) is 0 Å². The largest absolute Gasteiger partial charge is 0.376 e. The van der Waals surface area contributed by atoms with Gasteiger partial charge < -0.3 is 25.3 Å². The Labute approximate surface area is 174 Å². The van der Waals surface area contributed by atoms with Crippen LogP contribution in [0, 0.1) is 12.7 Å². The molecule has 2 aliphatic rings. The number of piperidine rings is 1. The maximum Gasteiger partial charge on any atom is 0.315 e. The van der Waals surface area contributed by atoms with Gasteiger partial charge in [-0.3, -0.25) is 4.79 Å². The number of nitrogens with zero attached hydrogens (tertiary/aromatic N) is 2. The summed E-state index contributed by atoms with van der Waals surface area (Å²) >= 11 is 0. The van der Waals surface area contributed by atoms with Gasteiger partial charge in [-0.1, -0.05) is 6.07 Å². The van der Waals surface area contributed by atoms with Crippen LogP contribution in [-0.2, 0) is 16.1 Å². The van der Waals surface area contributed by atoms with Crippen molar-refractivity contribution >= 4 is 11.9 Å². The van der Waals surface area contributed by atoms with Gasteiger partial charge in [0.1, 0.15) is 11.6 Å². The zero-order valence-corrected chi connectivity index (χ0v) is 16.9. The Morgan fingerprint density at radius 1 is 1.40 bits per heavy atom. The number of nitrogens with one attached hydrogen (secondary N) is 3. The van der Waals surface area contributed by atoms with Crippen LogP contribution in [0.3, 0.4) is 0 Å². The van der Waals surface area contributed by atoms with Crippen LogP contribution in [0.4, 0.5) is 9.18 Å². The van der Waals surface area contributed by atoms with Crippen molar-refractivity contribution in [3.63, 3.8) is 0 Å². The van der Waals surface area contributed by atoms with Crippen molar-refractivity contribution in [2.75, 3.05) is 6.61 Å². The van der Waals surface area contributed by atoms with Gasteiger partial charge in [0.05, 0.1) is 23.9 Å². The lowest BCUT2D eigenvalue weighted by atomic mass is 9.92. The summed E-state index contributed by atoms with van der Waals surface area (Å²) in [4.78, 5) is 28.3. The molecule has 3 heterocycles. The zero-order valence-electron chi connectivity index (χ0n) is 16.9. The van der Waals surface area contributed by atoms with E-state index in [9.17, 15) is 14.0 Å². The van der Waals surface area contributed by atoms with Gasteiger partial charge in [-0.25, -0.2) is 14.2 Å². The second kappa shape index (κ2) is 8.83. The topological polar surface area (TPSA) is 97.3 Å². The molecule has 0 radical (unpaired) electrons. The van der Waals surface area contributed by atoms with Crippen molar-refractivity contribution in [2.45, 2.75) is 57.3 Å². The van der Waals surface area contributed by atoms with Gasteiger partial charge in [-0.2, -0.15) is 0 Å². The molecule has 3 amide bonds. The summed E-state index contributed by atoms with van der Waals surface area (Å²) in [6.45, 7) is 2.67. The monoisotopic (exact) mass is 415 g/mol. The summed E-state index contributed by atoms with van der Waals surface area (Å²) in [5.41, 5.74) is 1.06. The molecule has 8 nitrogen and oxygen atoms in total. The van der Waals surface area contributed by atoms with Crippen LogP contribution in [0.25, 0.3) is 5.69 Å². The van der Waals surface area contributed by atoms with E-state index < -0.39 is 0 Å². The van der Waals surface area contributed by atoms with Gasteiger partial charge in [0, 0.05) is 32.0 Å². The Hall–Kier alpha value is -2.94. The number of carbonyl (C=O) groups is 2. The molecule has 3 N–H and O–H groups in total. The van der Waals surface area contributed by atoms with E-state index in [0.717, 1.165) is 12.8 Å². The van der Waals surface area contributed by atoms with Crippen molar-refractivity contribution in [2.24, 2.45) is 0 Å². The molecule has 0 aliphatic carbocycles. The van der Waals surface area contributed by atoms with E-state index in [2.05, 4.69) is 20.9 Å². The second-order valence-corrected chi connectivity index (χ2v) is 7.75. The molecule has 3 atom stereocenters. The number of urea groups is 1. The number of carbonyl (C=O) groups excluding carboxylic acids is 2. The molecule has 1 aromatic carbocycles.